The molecular weight excluding hydrogens is 336 g/mol. The number of rotatable bonds is 6. The summed E-state index contributed by atoms with van der Waals surface area (Å²) in [5, 5.41) is 6.36. The monoisotopic (exact) mass is 370 g/mol. The molecule has 2 N–H and O–H groups in total. The van der Waals surface area contributed by atoms with E-state index in [1.54, 1.807) is 0 Å². The molecular formula is C23H34N2O2. The number of carbonyl (C=O) groups excluding carboxylic acids is 2. The van der Waals surface area contributed by atoms with E-state index in [1.165, 1.54) is 31.2 Å². The van der Waals surface area contributed by atoms with Gasteiger partial charge in [-0.3, -0.25) is 9.59 Å². The Kier molecular flexibility index (Phi) is 7.73. The van der Waals surface area contributed by atoms with Crippen LogP contribution in [0.25, 0.3) is 0 Å². The van der Waals surface area contributed by atoms with Crippen molar-refractivity contribution in [3.05, 3.63) is 35.9 Å². The molecule has 1 aromatic rings. The molecule has 0 unspecified atom stereocenters. The summed E-state index contributed by atoms with van der Waals surface area (Å²) in [7, 11) is 0. The van der Waals surface area contributed by atoms with Gasteiger partial charge in [-0.25, -0.2) is 0 Å². The first-order chi connectivity index (χ1) is 13.2. The highest BCUT2D eigenvalue weighted by atomic mass is 16.2. The molecule has 0 atom stereocenters. The van der Waals surface area contributed by atoms with Gasteiger partial charge in [-0.2, -0.15) is 0 Å². The molecule has 0 spiro atoms. The van der Waals surface area contributed by atoms with Gasteiger partial charge in [-0.05, 0) is 50.5 Å². The summed E-state index contributed by atoms with van der Waals surface area (Å²) in [5.74, 6) is 0.558. The molecule has 0 saturated heterocycles. The van der Waals surface area contributed by atoms with E-state index in [1.807, 2.05) is 18.2 Å². The maximum atomic E-state index is 12.6. The van der Waals surface area contributed by atoms with Crippen molar-refractivity contribution in [3.8, 4) is 0 Å². The molecule has 1 aromatic carbocycles. The number of amides is 2. The Labute approximate surface area is 163 Å². The summed E-state index contributed by atoms with van der Waals surface area (Å²) in [6.45, 7) is 0.685. The van der Waals surface area contributed by atoms with Crippen LogP contribution in [0.2, 0.25) is 0 Å². The SMILES string of the molecule is O=C(NCCc1ccccc1)C1CCC(C(=O)NC2CCCCCC2)CC1. The highest BCUT2D eigenvalue weighted by Crippen LogP contribution is 2.29. The third-order valence-corrected chi connectivity index (χ3v) is 6.23. The number of nitrogens with one attached hydrogen (secondary N) is 2. The average Bonchev–Trinajstić information content (AvgIpc) is 2.97. The lowest BCUT2D eigenvalue weighted by molar-refractivity contribution is -0.131. The van der Waals surface area contributed by atoms with E-state index in [9.17, 15) is 9.59 Å². The molecule has 0 bridgehead atoms. The topological polar surface area (TPSA) is 58.2 Å². The molecule has 2 fully saturated rings. The summed E-state index contributed by atoms with van der Waals surface area (Å²) >= 11 is 0. The molecule has 0 aromatic heterocycles. The summed E-state index contributed by atoms with van der Waals surface area (Å²) in [6, 6.07) is 10.6. The van der Waals surface area contributed by atoms with Crippen LogP contribution in [0.3, 0.4) is 0 Å². The van der Waals surface area contributed by atoms with E-state index in [0.29, 0.717) is 12.6 Å². The van der Waals surface area contributed by atoms with Crippen LogP contribution in [0.1, 0.15) is 69.8 Å². The van der Waals surface area contributed by atoms with Crippen molar-refractivity contribution in [2.24, 2.45) is 11.8 Å². The highest BCUT2D eigenvalue weighted by Gasteiger charge is 2.30. The minimum atomic E-state index is 0.0719. The summed E-state index contributed by atoms with van der Waals surface area (Å²) in [4.78, 5) is 25.0. The van der Waals surface area contributed by atoms with Gasteiger partial charge in [0.25, 0.3) is 0 Å². The van der Waals surface area contributed by atoms with Crippen LogP contribution in [0, 0.1) is 11.8 Å². The molecule has 2 aliphatic rings. The molecule has 2 aliphatic carbocycles. The third kappa shape index (κ3) is 6.37. The molecule has 27 heavy (non-hydrogen) atoms. The normalized spacial score (nSPS) is 24.0. The van der Waals surface area contributed by atoms with Gasteiger partial charge in [0, 0.05) is 24.4 Å². The smallest absolute Gasteiger partial charge is 0.223 e. The molecule has 2 amide bonds. The predicted octanol–water partition coefficient (Wildman–Crippen LogP) is 3.99. The van der Waals surface area contributed by atoms with Crippen LogP contribution in [-0.2, 0) is 16.0 Å². The average molecular weight is 371 g/mol. The predicted molar refractivity (Wildman–Crippen MR) is 108 cm³/mol. The van der Waals surface area contributed by atoms with Crippen molar-refractivity contribution < 1.29 is 9.59 Å². The van der Waals surface area contributed by atoms with E-state index in [-0.39, 0.29) is 23.7 Å². The lowest BCUT2D eigenvalue weighted by Gasteiger charge is -2.28. The standard InChI is InChI=1S/C23H34N2O2/c26-22(24-17-16-18-8-4-3-5-9-18)19-12-14-20(15-13-19)23(27)25-21-10-6-1-2-7-11-21/h3-5,8-9,19-21H,1-2,6-7,10-17H2,(H,24,26)(H,25,27). The molecule has 0 radical (unpaired) electrons. The van der Waals surface area contributed by atoms with Gasteiger partial charge in [0.15, 0.2) is 0 Å². The molecule has 4 nitrogen and oxygen atoms in total. The van der Waals surface area contributed by atoms with Crippen LogP contribution >= 0.6 is 0 Å². The van der Waals surface area contributed by atoms with Crippen molar-refractivity contribution in [2.45, 2.75) is 76.7 Å². The quantitative estimate of drug-likeness (QED) is 0.744. The van der Waals surface area contributed by atoms with Gasteiger partial charge in [-0.15, -0.1) is 0 Å². The lowest BCUT2D eigenvalue weighted by Crippen LogP contribution is -2.41. The number of carbonyl (C=O) groups is 2. The van der Waals surface area contributed by atoms with E-state index in [4.69, 9.17) is 0 Å². The van der Waals surface area contributed by atoms with Crippen molar-refractivity contribution in [1.29, 1.82) is 0 Å². The molecule has 0 aliphatic heterocycles. The van der Waals surface area contributed by atoms with Crippen molar-refractivity contribution in [1.82, 2.24) is 10.6 Å². The Morgan fingerprint density at radius 3 is 2.00 bits per heavy atom. The molecule has 3 rings (SSSR count). The zero-order valence-electron chi connectivity index (χ0n) is 16.4. The Bertz CT molecular complexity index is 586. The second-order valence-electron chi connectivity index (χ2n) is 8.27. The minimum absolute atomic E-state index is 0.0719. The van der Waals surface area contributed by atoms with Gasteiger partial charge in [-0.1, -0.05) is 56.0 Å². The highest BCUT2D eigenvalue weighted by molar-refractivity contribution is 5.81. The minimum Gasteiger partial charge on any atom is -0.356 e. The Balaban J connectivity index is 1.35. The number of hydrogen-bond acceptors (Lipinski definition) is 2. The maximum absolute atomic E-state index is 12.6. The second kappa shape index (κ2) is 10.5. The van der Waals surface area contributed by atoms with E-state index in [0.717, 1.165) is 44.9 Å². The van der Waals surface area contributed by atoms with Crippen molar-refractivity contribution in [2.75, 3.05) is 6.54 Å². The van der Waals surface area contributed by atoms with Crippen LogP contribution in [0.4, 0.5) is 0 Å². The van der Waals surface area contributed by atoms with Crippen LogP contribution in [0.15, 0.2) is 30.3 Å². The zero-order valence-corrected chi connectivity index (χ0v) is 16.4. The second-order valence-corrected chi connectivity index (χ2v) is 8.27. The van der Waals surface area contributed by atoms with Crippen LogP contribution < -0.4 is 10.6 Å². The van der Waals surface area contributed by atoms with E-state index in [2.05, 4.69) is 22.8 Å². The van der Waals surface area contributed by atoms with E-state index < -0.39 is 0 Å². The fourth-order valence-electron chi connectivity index (χ4n) is 4.48. The molecule has 148 valence electrons. The largest absolute Gasteiger partial charge is 0.356 e. The lowest BCUT2D eigenvalue weighted by atomic mass is 9.81. The van der Waals surface area contributed by atoms with Gasteiger partial charge in [0.2, 0.25) is 11.8 Å². The fourth-order valence-corrected chi connectivity index (χ4v) is 4.48. The van der Waals surface area contributed by atoms with Crippen molar-refractivity contribution >= 4 is 11.8 Å². The van der Waals surface area contributed by atoms with E-state index >= 15 is 0 Å². The first-order valence-corrected chi connectivity index (χ1v) is 10.8. The van der Waals surface area contributed by atoms with Gasteiger partial charge < -0.3 is 10.6 Å². The number of benzene rings is 1. The van der Waals surface area contributed by atoms with Crippen LogP contribution in [0.5, 0.6) is 0 Å². The maximum Gasteiger partial charge on any atom is 0.223 e. The van der Waals surface area contributed by atoms with Crippen LogP contribution in [-0.4, -0.2) is 24.4 Å². The van der Waals surface area contributed by atoms with Crippen molar-refractivity contribution in [3.63, 3.8) is 0 Å². The molecule has 4 heteroatoms. The van der Waals surface area contributed by atoms with Gasteiger partial charge in [0.05, 0.1) is 0 Å². The fraction of sp³-hybridized carbons (Fsp3) is 0.652. The number of hydrogen-bond donors (Lipinski definition) is 2. The third-order valence-electron chi connectivity index (χ3n) is 6.23. The van der Waals surface area contributed by atoms with Gasteiger partial charge in [0.1, 0.15) is 0 Å². The first kappa shape index (κ1) is 19.9. The Morgan fingerprint density at radius 2 is 1.37 bits per heavy atom. The zero-order chi connectivity index (χ0) is 18.9. The summed E-state index contributed by atoms with van der Waals surface area (Å²) in [5.41, 5.74) is 1.25. The Hall–Kier alpha value is -1.84. The van der Waals surface area contributed by atoms with Gasteiger partial charge >= 0.3 is 0 Å². The first-order valence-electron chi connectivity index (χ1n) is 10.8. The summed E-state index contributed by atoms with van der Waals surface area (Å²) in [6.07, 6.45) is 11.6. The summed E-state index contributed by atoms with van der Waals surface area (Å²) < 4.78 is 0. The molecule has 0 heterocycles. The Morgan fingerprint density at radius 1 is 0.778 bits per heavy atom. The molecule has 2 saturated carbocycles.